The Labute approximate surface area is 93.3 Å². The summed E-state index contributed by atoms with van der Waals surface area (Å²) in [5.41, 5.74) is -0.724. The van der Waals surface area contributed by atoms with Crippen LogP contribution in [-0.2, 0) is 7.05 Å². The van der Waals surface area contributed by atoms with Crippen LogP contribution in [0.5, 0.6) is 0 Å². The molecule has 2 aromatic rings. The molecule has 6 heteroatoms. The second-order valence-electron chi connectivity index (χ2n) is 3.06. The van der Waals surface area contributed by atoms with Gasteiger partial charge < -0.3 is 9.67 Å². The minimum absolute atomic E-state index is 0.237. The van der Waals surface area contributed by atoms with Crippen LogP contribution in [0.3, 0.4) is 0 Å². The predicted molar refractivity (Wildman–Crippen MR) is 59.0 cm³/mol. The fourth-order valence-corrected chi connectivity index (χ4v) is 2.53. The van der Waals surface area contributed by atoms with Gasteiger partial charge in [0.1, 0.15) is 10.4 Å². The first kappa shape index (κ1) is 10.2. The number of hydrogen-bond donors (Lipinski definition) is 1. The maximum absolute atomic E-state index is 11.7. The molecule has 78 valence electrons. The number of rotatable bonds is 1. The molecule has 0 saturated carbocycles. The fraction of sp³-hybridized carbons (Fsp3) is 0.111. The lowest BCUT2D eigenvalue weighted by molar-refractivity contribution is 0.0695. The Kier molecular flexibility index (Phi) is 2.28. The molecule has 0 fully saturated rings. The number of aryl methyl sites for hydroxylation is 1. The average Bonchev–Trinajstić information content (AvgIpc) is 2.53. The summed E-state index contributed by atoms with van der Waals surface area (Å²) in [6, 6.07) is 1.50. The van der Waals surface area contributed by atoms with Gasteiger partial charge in [0.05, 0.1) is 9.72 Å². The van der Waals surface area contributed by atoms with E-state index in [0.717, 1.165) is 0 Å². The molecule has 0 unspecified atom stereocenters. The Morgan fingerprint density at radius 2 is 2.27 bits per heavy atom. The Morgan fingerprint density at radius 1 is 1.60 bits per heavy atom. The number of halogens is 1. The first-order valence-electron chi connectivity index (χ1n) is 4.02. The monoisotopic (exact) mass is 243 g/mol. The minimum Gasteiger partial charge on any atom is -0.477 e. The van der Waals surface area contributed by atoms with Crippen LogP contribution in [-0.4, -0.2) is 15.6 Å². The van der Waals surface area contributed by atoms with Gasteiger partial charge in [0.2, 0.25) is 5.43 Å². The first-order chi connectivity index (χ1) is 7.00. The first-order valence-corrected chi connectivity index (χ1v) is 5.22. The van der Waals surface area contributed by atoms with Crippen LogP contribution in [0, 0.1) is 0 Å². The number of aromatic nitrogens is 1. The zero-order valence-electron chi connectivity index (χ0n) is 7.65. The fourth-order valence-electron chi connectivity index (χ4n) is 1.39. The highest BCUT2D eigenvalue weighted by Crippen LogP contribution is 2.26. The molecule has 1 N–H and O–H groups in total. The third kappa shape index (κ3) is 1.53. The maximum atomic E-state index is 11.7. The maximum Gasteiger partial charge on any atom is 0.341 e. The molecule has 2 rings (SSSR count). The van der Waals surface area contributed by atoms with Crippen molar-refractivity contribution in [1.29, 1.82) is 0 Å². The van der Waals surface area contributed by atoms with Crippen LogP contribution >= 0.6 is 22.9 Å². The van der Waals surface area contributed by atoms with Gasteiger partial charge in [-0.05, 0) is 6.07 Å². The summed E-state index contributed by atoms with van der Waals surface area (Å²) in [4.78, 5) is 23.1. The van der Waals surface area contributed by atoms with E-state index in [-0.39, 0.29) is 5.56 Å². The zero-order chi connectivity index (χ0) is 11.2. The predicted octanol–water partition coefficient (Wildman–Crippen LogP) is 1.95. The lowest BCUT2D eigenvalue weighted by Gasteiger charge is -2.01. The highest BCUT2D eigenvalue weighted by Gasteiger charge is 2.14. The third-order valence-electron chi connectivity index (χ3n) is 2.05. The van der Waals surface area contributed by atoms with Gasteiger partial charge in [0, 0.05) is 13.2 Å². The van der Waals surface area contributed by atoms with E-state index >= 15 is 0 Å². The number of aromatic carboxylic acids is 1. The normalized spacial score (nSPS) is 10.8. The van der Waals surface area contributed by atoms with Gasteiger partial charge in [-0.3, -0.25) is 4.79 Å². The number of hydrogen-bond acceptors (Lipinski definition) is 3. The molecule has 0 aliphatic heterocycles. The van der Waals surface area contributed by atoms with Crippen molar-refractivity contribution in [3.63, 3.8) is 0 Å². The van der Waals surface area contributed by atoms with Crippen LogP contribution < -0.4 is 5.43 Å². The molecule has 0 bridgehead atoms. The molecule has 2 heterocycles. The highest BCUT2D eigenvalue weighted by molar-refractivity contribution is 7.22. The quantitative estimate of drug-likeness (QED) is 0.833. The van der Waals surface area contributed by atoms with Gasteiger partial charge in [0.15, 0.2) is 0 Å². The molecular weight excluding hydrogens is 238 g/mol. The Balaban J connectivity index is 2.96. The van der Waals surface area contributed by atoms with E-state index in [1.165, 1.54) is 23.6 Å². The molecule has 2 aromatic heterocycles. The van der Waals surface area contributed by atoms with Gasteiger partial charge in [-0.2, -0.15) is 0 Å². The summed E-state index contributed by atoms with van der Waals surface area (Å²) >= 11 is 7.03. The summed E-state index contributed by atoms with van der Waals surface area (Å²) in [6.07, 6.45) is 1.31. The van der Waals surface area contributed by atoms with Crippen LogP contribution in [0.2, 0.25) is 4.34 Å². The van der Waals surface area contributed by atoms with Crippen molar-refractivity contribution < 1.29 is 9.90 Å². The van der Waals surface area contributed by atoms with Gasteiger partial charge in [-0.25, -0.2) is 4.79 Å². The van der Waals surface area contributed by atoms with Crippen molar-refractivity contribution in [3.8, 4) is 0 Å². The van der Waals surface area contributed by atoms with Crippen molar-refractivity contribution >= 4 is 39.1 Å². The largest absolute Gasteiger partial charge is 0.477 e. The number of fused-ring (bicyclic) bond motifs is 1. The van der Waals surface area contributed by atoms with Crippen LogP contribution in [0.25, 0.3) is 10.2 Å². The smallest absolute Gasteiger partial charge is 0.341 e. The summed E-state index contributed by atoms with van der Waals surface area (Å²) in [6.45, 7) is 0. The molecule has 0 aliphatic rings. The topological polar surface area (TPSA) is 59.3 Å². The SMILES string of the molecule is Cn1cc(C(=O)O)c(=O)c2cc(Cl)sc21. The lowest BCUT2D eigenvalue weighted by Crippen LogP contribution is -2.16. The van der Waals surface area contributed by atoms with E-state index in [0.29, 0.717) is 14.6 Å². The average molecular weight is 244 g/mol. The lowest BCUT2D eigenvalue weighted by atomic mass is 10.2. The summed E-state index contributed by atoms with van der Waals surface area (Å²) in [5.74, 6) is -1.22. The highest BCUT2D eigenvalue weighted by atomic mass is 35.5. The molecule has 4 nitrogen and oxygen atoms in total. The number of carboxylic acid groups (broad SMARTS) is 1. The van der Waals surface area contributed by atoms with Crippen LogP contribution in [0.4, 0.5) is 0 Å². The summed E-state index contributed by atoms with van der Waals surface area (Å²) < 4.78 is 2.07. The molecule has 0 aliphatic carbocycles. The molecule has 15 heavy (non-hydrogen) atoms. The number of thiophene rings is 1. The number of nitrogens with zero attached hydrogens (tertiary/aromatic N) is 1. The Hall–Kier alpha value is -1.33. The second-order valence-corrected chi connectivity index (χ2v) is 4.72. The Bertz CT molecular complexity index is 614. The van der Waals surface area contributed by atoms with Gasteiger partial charge >= 0.3 is 5.97 Å². The van der Waals surface area contributed by atoms with E-state index in [9.17, 15) is 9.59 Å². The van der Waals surface area contributed by atoms with E-state index in [2.05, 4.69) is 0 Å². The number of carboxylic acids is 1. The van der Waals surface area contributed by atoms with Gasteiger partial charge in [-0.15, -0.1) is 11.3 Å². The van der Waals surface area contributed by atoms with E-state index in [4.69, 9.17) is 16.7 Å². The molecule has 0 aromatic carbocycles. The van der Waals surface area contributed by atoms with Crippen molar-refractivity contribution in [2.24, 2.45) is 7.05 Å². The molecule has 0 atom stereocenters. The van der Waals surface area contributed by atoms with Crippen molar-refractivity contribution in [3.05, 3.63) is 32.4 Å². The van der Waals surface area contributed by atoms with Gasteiger partial charge in [-0.1, -0.05) is 11.6 Å². The third-order valence-corrected chi connectivity index (χ3v) is 3.40. The van der Waals surface area contributed by atoms with E-state index in [1.54, 1.807) is 11.6 Å². The van der Waals surface area contributed by atoms with Crippen molar-refractivity contribution in [2.45, 2.75) is 0 Å². The van der Waals surface area contributed by atoms with Crippen molar-refractivity contribution in [2.75, 3.05) is 0 Å². The second kappa shape index (κ2) is 3.36. The number of carbonyl (C=O) groups is 1. The van der Waals surface area contributed by atoms with Crippen LogP contribution in [0.1, 0.15) is 10.4 Å². The molecule has 0 amide bonds. The molecule has 0 saturated heterocycles. The number of pyridine rings is 1. The minimum atomic E-state index is -1.22. The van der Waals surface area contributed by atoms with Crippen molar-refractivity contribution in [1.82, 2.24) is 4.57 Å². The van der Waals surface area contributed by atoms with Crippen LogP contribution in [0.15, 0.2) is 17.1 Å². The standard InChI is InChI=1S/C9H6ClNO3S/c1-11-3-5(9(13)14)7(12)4-2-6(10)15-8(4)11/h2-3H,1H3,(H,13,14). The zero-order valence-corrected chi connectivity index (χ0v) is 9.22. The van der Waals surface area contributed by atoms with Gasteiger partial charge in [0.25, 0.3) is 0 Å². The van der Waals surface area contributed by atoms with E-state index < -0.39 is 11.4 Å². The molecular formula is C9H6ClNO3S. The van der Waals surface area contributed by atoms with E-state index in [1.807, 2.05) is 0 Å². The summed E-state index contributed by atoms with van der Waals surface area (Å²) in [5, 5.41) is 9.17. The molecule has 0 radical (unpaired) electrons. The molecule has 0 spiro atoms. The Morgan fingerprint density at radius 3 is 2.87 bits per heavy atom. The summed E-state index contributed by atoms with van der Waals surface area (Å²) in [7, 11) is 1.68.